The van der Waals surface area contributed by atoms with Crippen molar-refractivity contribution < 1.29 is 41.9 Å². The first-order valence-corrected chi connectivity index (χ1v) is 16.9. The molecule has 1 aliphatic heterocycles. The molecule has 1 aromatic heterocycles. The number of rotatable bonds is 8. The van der Waals surface area contributed by atoms with Crippen LogP contribution >= 0.6 is 0 Å². The predicted molar refractivity (Wildman–Crippen MR) is 183 cm³/mol. The first kappa shape index (κ1) is 38.7. The van der Waals surface area contributed by atoms with Gasteiger partial charge in [-0.15, -0.1) is 0 Å². The van der Waals surface area contributed by atoms with Gasteiger partial charge in [0.05, 0.1) is 36.0 Å². The lowest BCUT2D eigenvalue weighted by molar-refractivity contribution is -0.137. The maximum Gasteiger partial charge on any atom is 0.416 e. The molecule has 3 N–H and O–H groups in total. The fourth-order valence-electron chi connectivity index (χ4n) is 5.88. The van der Waals surface area contributed by atoms with Crippen molar-refractivity contribution in [1.82, 2.24) is 15.0 Å². The van der Waals surface area contributed by atoms with Gasteiger partial charge in [0.15, 0.2) is 5.76 Å². The number of halogens is 3. The Morgan fingerprint density at radius 1 is 1.12 bits per heavy atom. The molecule has 2 heterocycles. The van der Waals surface area contributed by atoms with Crippen molar-refractivity contribution in [2.45, 2.75) is 84.9 Å². The molecular weight excluding hydrogens is 655 g/mol. The Labute approximate surface area is 291 Å². The van der Waals surface area contributed by atoms with E-state index < -0.39 is 23.8 Å². The molecule has 50 heavy (non-hydrogen) atoms. The number of carbonyl (C=O) groups excluding carboxylic acids is 2. The second kappa shape index (κ2) is 17.2. The van der Waals surface area contributed by atoms with E-state index >= 15 is 0 Å². The van der Waals surface area contributed by atoms with Crippen LogP contribution < -0.4 is 15.4 Å². The van der Waals surface area contributed by atoms with Gasteiger partial charge in [0.2, 0.25) is 0 Å². The van der Waals surface area contributed by atoms with E-state index in [0.717, 1.165) is 30.5 Å². The van der Waals surface area contributed by atoms with E-state index in [2.05, 4.69) is 15.8 Å². The molecule has 274 valence electrons. The summed E-state index contributed by atoms with van der Waals surface area (Å²) in [6.07, 6.45) is -2.63. The van der Waals surface area contributed by atoms with Gasteiger partial charge in [0.25, 0.3) is 5.91 Å². The SMILES string of the molecule is Cc1noc(C)c1NC(=O)Nc1ccc2c(c1)C(=O)N([C@@H](C)CO)C[C@H](C)[C@@H](CN(C)Cc1ccc(C(F)(F)F)cc1)OCCCC[C@@H](C)O2. The highest BCUT2D eigenvalue weighted by Gasteiger charge is 2.32. The minimum Gasteiger partial charge on any atom is -0.490 e. The summed E-state index contributed by atoms with van der Waals surface area (Å²) in [5.74, 6) is 0.235. The van der Waals surface area contributed by atoms with Gasteiger partial charge in [0.1, 0.15) is 17.1 Å². The summed E-state index contributed by atoms with van der Waals surface area (Å²) in [5, 5.41) is 19.6. The lowest BCUT2D eigenvalue weighted by Crippen LogP contribution is -2.47. The molecule has 0 radical (unpaired) electrons. The Morgan fingerprint density at radius 3 is 2.48 bits per heavy atom. The third-order valence-electron chi connectivity index (χ3n) is 8.81. The largest absolute Gasteiger partial charge is 0.490 e. The Kier molecular flexibility index (Phi) is 13.3. The fourth-order valence-corrected chi connectivity index (χ4v) is 5.88. The molecule has 0 saturated heterocycles. The number of hydrogen-bond donors (Lipinski definition) is 3. The Hall–Kier alpha value is -4.14. The molecule has 4 atom stereocenters. The molecular formula is C36H48F3N5O6. The monoisotopic (exact) mass is 703 g/mol. The zero-order valence-electron chi connectivity index (χ0n) is 29.5. The van der Waals surface area contributed by atoms with Crippen LogP contribution in [0.5, 0.6) is 5.75 Å². The van der Waals surface area contributed by atoms with Crippen LogP contribution in [0, 0.1) is 19.8 Å². The first-order valence-electron chi connectivity index (χ1n) is 16.9. The normalized spacial score (nSPS) is 20.1. The van der Waals surface area contributed by atoms with Gasteiger partial charge in [0, 0.05) is 37.8 Å². The topological polar surface area (TPSA) is 129 Å². The Balaban J connectivity index is 1.57. The Bertz CT molecular complexity index is 1560. The quantitative estimate of drug-likeness (QED) is 0.232. The summed E-state index contributed by atoms with van der Waals surface area (Å²) >= 11 is 0. The number of benzene rings is 2. The Morgan fingerprint density at radius 2 is 1.84 bits per heavy atom. The number of anilines is 2. The van der Waals surface area contributed by atoms with E-state index in [1.807, 2.05) is 25.8 Å². The van der Waals surface area contributed by atoms with Gasteiger partial charge >= 0.3 is 12.2 Å². The molecule has 14 heteroatoms. The summed E-state index contributed by atoms with van der Waals surface area (Å²) < 4.78 is 57.0. The number of amides is 3. The van der Waals surface area contributed by atoms with Gasteiger partial charge in [-0.2, -0.15) is 13.2 Å². The highest BCUT2D eigenvalue weighted by Crippen LogP contribution is 2.31. The minimum atomic E-state index is -4.40. The highest BCUT2D eigenvalue weighted by molar-refractivity contribution is 6.03. The number of aryl methyl sites for hydroxylation is 2. The molecule has 1 aliphatic rings. The summed E-state index contributed by atoms with van der Waals surface area (Å²) in [7, 11) is 1.88. The molecule has 11 nitrogen and oxygen atoms in total. The first-order chi connectivity index (χ1) is 23.7. The molecule has 0 unspecified atom stereocenters. The second-order valence-corrected chi connectivity index (χ2v) is 13.2. The number of urea groups is 1. The van der Waals surface area contributed by atoms with Crippen LogP contribution in [-0.4, -0.2) is 83.6 Å². The van der Waals surface area contributed by atoms with Crippen molar-refractivity contribution in [3.63, 3.8) is 0 Å². The van der Waals surface area contributed by atoms with E-state index in [-0.39, 0.29) is 42.7 Å². The average Bonchev–Trinajstić information content (AvgIpc) is 3.37. The summed E-state index contributed by atoms with van der Waals surface area (Å²) in [6.45, 7) is 10.3. The average molecular weight is 704 g/mol. The fraction of sp³-hybridized carbons (Fsp3) is 0.528. The lowest BCUT2D eigenvalue weighted by Gasteiger charge is -2.36. The molecule has 0 aliphatic carbocycles. The molecule has 0 fully saturated rings. The second-order valence-electron chi connectivity index (χ2n) is 13.2. The van der Waals surface area contributed by atoms with Crippen LogP contribution in [0.2, 0.25) is 0 Å². The van der Waals surface area contributed by atoms with Crippen molar-refractivity contribution in [3.05, 3.63) is 70.6 Å². The maximum atomic E-state index is 14.4. The van der Waals surface area contributed by atoms with Crippen LogP contribution in [-0.2, 0) is 17.5 Å². The van der Waals surface area contributed by atoms with Gasteiger partial charge in [-0.3, -0.25) is 9.69 Å². The van der Waals surface area contributed by atoms with Crippen LogP contribution in [0.1, 0.15) is 73.0 Å². The van der Waals surface area contributed by atoms with Crippen molar-refractivity contribution in [2.24, 2.45) is 5.92 Å². The standard InChI is InChI=1S/C36H48F3N5O6/c1-22-18-44(23(2)21-45)34(46)30-17-29(40-35(47)41-33-25(4)42-50-26(33)5)14-15-31(30)49-24(3)9-7-8-16-48-32(22)20-43(6)19-27-10-12-28(13-11-27)36(37,38)39/h10-15,17,22-24,32,45H,7-9,16,18-21H2,1-6H3,(H2,40,41,47)/t22-,23-,24+,32+/m0/s1. The van der Waals surface area contributed by atoms with Crippen molar-refractivity contribution in [2.75, 3.05) is 44.0 Å². The lowest BCUT2D eigenvalue weighted by atomic mass is 10.0. The van der Waals surface area contributed by atoms with Crippen LogP contribution in [0.15, 0.2) is 47.0 Å². The number of aromatic nitrogens is 1. The molecule has 4 rings (SSSR count). The molecule has 0 bridgehead atoms. The van der Waals surface area contributed by atoms with Gasteiger partial charge in [-0.05, 0) is 89.9 Å². The van der Waals surface area contributed by atoms with Gasteiger partial charge in [-0.25, -0.2) is 4.79 Å². The number of nitrogens with zero attached hydrogens (tertiary/aromatic N) is 3. The molecule has 0 spiro atoms. The molecule has 0 saturated carbocycles. The smallest absolute Gasteiger partial charge is 0.416 e. The zero-order chi connectivity index (χ0) is 36.6. The van der Waals surface area contributed by atoms with E-state index in [0.29, 0.717) is 54.7 Å². The van der Waals surface area contributed by atoms with Crippen molar-refractivity contribution >= 4 is 23.3 Å². The van der Waals surface area contributed by atoms with Crippen LogP contribution in [0.4, 0.5) is 29.3 Å². The zero-order valence-corrected chi connectivity index (χ0v) is 29.5. The number of aliphatic hydroxyl groups excluding tert-OH is 1. The third kappa shape index (κ3) is 10.4. The summed E-state index contributed by atoms with van der Waals surface area (Å²) in [4.78, 5) is 30.8. The number of nitrogens with one attached hydrogen (secondary N) is 2. The van der Waals surface area contributed by atoms with E-state index in [1.54, 1.807) is 43.9 Å². The van der Waals surface area contributed by atoms with Crippen molar-refractivity contribution in [3.8, 4) is 5.75 Å². The highest BCUT2D eigenvalue weighted by atomic mass is 19.4. The summed E-state index contributed by atoms with van der Waals surface area (Å²) in [5.41, 5.74) is 1.60. The minimum absolute atomic E-state index is 0.198. The van der Waals surface area contributed by atoms with Crippen LogP contribution in [0.25, 0.3) is 0 Å². The molecule has 2 aromatic carbocycles. The number of fused-ring (bicyclic) bond motifs is 1. The predicted octanol–water partition coefficient (Wildman–Crippen LogP) is 6.88. The van der Waals surface area contributed by atoms with E-state index in [1.165, 1.54) is 12.1 Å². The van der Waals surface area contributed by atoms with Gasteiger partial charge in [-0.1, -0.05) is 24.2 Å². The van der Waals surface area contributed by atoms with E-state index in [4.69, 9.17) is 14.0 Å². The molecule has 3 aromatic rings. The van der Waals surface area contributed by atoms with Gasteiger partial charge < -0.3 is 34.6 Å². The van der Waals surface area contributed by atoms with Crippen molar-refractivity contribution in [1.29, 1.82) is 0 Å². The number of hydrogen-bond acceptors (Lipinski definition) is 8. The third-order valence-corrected chi connectivity index (χ3v) is 8.81. The van der Waals surface area contributed by atoms with Crippen LogP contribution in [0.3, 0.4) is 0 Å². The molecule has 3 amide bonds. The summed E-state index contributed by atoms with van der Waals surface area (Å²) in [6, 6.07) is 8.90. The van der Waals surface area contributed by atoms with E-state index in [9.17, 15) is 27.9 Å². The number of ether oxygens (including phenoxy) is 2. The number of likely N-dealkylation sites (N-methyl/N-ethyl adjacent to an activating group) is 1. The number of aliphatic hydroxyl groups is 1. The number of alkyl halides is 3. The maximum absolute atomic E-state index is 14.4. The number of carbonyl (C=O) groups is 2.